The van der Waals surface area contributed by atoms with E-state index in [4.69, 9.17) is 10.8 Å². The van der Waals surface area contributed by atoms with Crippen LogP contribution in [-0.4, -0.2) is 23.5 Å². The Balaban J connectivity index is 2.69. The van der Waals surface area contributed by atoms with Crippen LogP contribution in [0, 0.1) is 11.8 Å². The van der Waals surface area contributed by atoms with E-state index in [0.717, 1.165) is 4.47 Å². The Morgan fingerprint density at radius 1 is 1.42 bits per heavy atom. The molecule has 1 amide bonds. The summed E-state index contributed by atoms with van der Waals surface area (Å²) in [4.78, 5) is 22.9. The Hall–Kier alpha value is -1.56. The van der Waals surface area contributed by atoms with E-state index < -0.39 is 11.9 Å². The fourth-order valence-corrected chi connectivity index (χ4v) is 1.84. The lowest BCUT2D eigenvalue weighted by atomic mass is 9.96. The number of halogens is 1. The summed E-state index contributed by atoms with van der Waals surface area (Å²) in [7, 11) is 0. The number of carboxylic acids is 1. The van der Waals surface area contributed by atoms with Crippen LogP contribution < -0.4 is 11.1 Å². The number of hydrogen-bond acceptors (Lipinski definition) is 3. The van der Waals surface area contributed by atoms with Crippen molar-refractivity contribution in [2.45, 2.75) is 13.8 Å². The molecule has 0 heterocycles. The predicted octanol–water partition coefficient (Wildman–Crippen LogP) is 2.12. The number of nitrogen functional groups attached to an aromatic ring is 1. The van der Waals surface area contributed by atoms with E-state index in [1.54, 1.807) is 18.2 Å². The van der Waals surface area contributed by atoms with Gasteiger partial charge in [0.1, 0.15) is 0 Å². The topological polar surface area (TPSA) is 92.4 Å². The summed E-state index contributed by atoms with van der Waals surface area (Å²) in [6.07, 6.45) is 0. The highest BCUT2D eigenvalue weighted by molar-refractivity contribution is 9.10. The molecule has 0 aliphatic rings. The molecule has 0 saturated carbocycles. The smallest absolute Gasteiger partial charge is 0.308 e. The third kappa shape index (κ3) is 4.24. The standard InChI is InChI=1S/C13H17BrN2O3/c1-7(2)9(13(18)19)6-16-12(17)8-3-4-10(14)11(15)5-8/h3-5,7,9H,6,15H2,1-2H3,(H,16,17)(H,18,19). The number of nitrogens with one attached hydrogen (secondary N) is 1. The average molecular weight is 329 g/mol. The van der Waals surface area contributed by atoms with Crippen LogP contribution in [0.25, 0.3) is 0 Å². The first kappa shape index (κ1) is 15.5. The molecule has 0 radical (unpaired) electrons. The monoisotopic (exact) mass is 328 g/mol. The lowest BCUT2D eigenvalue weighted by Crippen LogP contribution is -2.35. The van der Waals surface area contributed by atoms with Gasteiger partial charge >= 0.3 is 5.97 Å². The van der Waals surface area contributed by atoms with E-state index in [1.165, 1.54) is 0 Å². The molecule has 6 heteroatoms. The molecule has 4 N–H and O–H groups in total. The number of carbonyl (C=O) groups is 2. The molecule has 0 bridgehead atoms. The minimum absolute atomic E-state index is 0.0483. The average Bonchev–Trinajstić information content (AvgIpc) is 2.31. The molecule has 0 fully saturated rings. The van der Waals surface area contributed by atoms with Gasteiger partial charge in [-0.1, -0.05) is 13.8 Å². The number of anilines is 1. The predicted molar refractivity (Wildman–Crippen MR) is 76.9 cm³/mol. The van der Waals surface area contributed by atoms with Gasteiger partial charge in [0, 0.05) is 22.3 Å². The summed E-state index contributed by atoms with van der Waals surface area (Å²) >= 11 is 3.24. The first-order valence-electron chi connectivity index (χ1n) is 5.89. The minimum atomic E-state index is -0.911. The lowest BCUT2D eigenvalue weighted by molar-refractivity contribution is -0.142. The molecule has 0 spiro atoms. The van der Waals surface area contributed by atoms with E-state index in [9.17, 15) is 9.59 Å². The second-order valence-corrected chi connectivity index (χ2v) is 5.49. The fourth-order valence-electron chi connectivity index (χ4n) is 1.60. The highest BCUT2D eigenvalue weighted by atomic mass is 79.9. The summed E-state index contributed by atoms with van der Waals surface area (Å²) in [5.74, 6) is -1.89. The number of amides is 1. The molecule has 0 aliphatic carbocycles. The largest absolute Gasteiger partial charge is 0.481 e. The van der Waals surface area contributed by atoms with E-state index in [2.05, 4.69) is 21.2 Å². The van der Waals surface area contributed by atoms with Crippen molar-refractivity contribution in [3.8, 4) is 0 Å². The van der Waals surface area contributed by atoms with Crippen molar-refractivity contribution in [2.75, 3.05) is 12.3 Å². The molecule has 0 saturated heterocycles. The number of aliphatic carboxylic acids is 1. The number of rotatable bonds is 5. The van der Waals surface area contributed by atoms with E-state index in [1.807, 2.05) is 13.8 Å². The van der Waals surface area contributed by atoms with E-state index in [0.29, 0.717) is 11.3 Å². The Bertz CT molecular complexity index is 489. The summed E-state index contributed by atoms with van der Waals surface area (Å²) in [6, 6.07) is 4.85. The van der Waals surface area contributed by atoms with Gasteiger partial charge in [-0.2, -0.15) is 0 Å². The normalized spacial score (nSPS) is 12.2. The van der Waals surface area contributed by atoms with E-state index in [-0.39, 0.29) is 18.4 Å². The Labute approximate surface area is 120 Å². The summed E-state index contributed by atoms with van der Waals surface area (Å²) < 4.78 is 0.717. The molecule has 1 unspecified atom stereocenters. The van der Waals surface area contributed by atoms with Crippen molar-refractivity contribution >= 4 is 33.5 Å². The van der Waals surface area contributed by atoms with Gasteiger partial charge in [-0.3, -0.25) is 9.59 Å². The second kappa shape index (κ2) is 6.56. The highest BCUT2D eigenvalue weighted by Crippen LogP contribution is 2.20. The summed E-state index contributed by atoms with van der Waals surface area (Å²) in [6.45, 7) is 3.72. The maximum absolute atomic E-state index is 11.9. The van der Waals surface area contributed by atoms with Crippen molar-refractivity contribution in [2.24, 2.45) is 11.8 Å². The van der Waals surface area contributed by atoms with Crippen molar-refractivity contribution < 1.29 is 14.7 Å². The highest BCUT2D eigenvalue weighted by Gasteiger charge is 2.22. The minimum Gasteiger partial charge on any atom is -0.481 e. The van der Waals surface area contributed by atoms with Gasteiger partial charge < -0.3 is 16.2 Å². The van der Waals surface area contributed by atoms with Crippen LogP contribution in [-0.2, 0) is 4.79 Å². The molecular weight excluding hydrogens is 312 g/mol. The van der Waals surface area contributed by atoms with Crippen LogP contribution in [0.4, 0.5) is 5.69 Å². The summed E-state index contributed by atoms with van der Waals surface area (Å²) in [5.41, 5.74) is 6.56. The van der Waals surface area contributed by atoms with Crippen LogP contribution in [0.3, 0.4) is 0 Å². The van der Waals surface area contributed by atoms with Gasteiger partial charge in [0.05, 0.1) is 5.92 Å². The van der Waals surface area contributed by atoms with Crippen molar-refractivity contribution in [1.82, 2.24) is 5.32 Å². The maximum atomic E-state index is 11.9. The van der Waals surface area contributed by atoms with Crippen molar-refractivity contribution in [3.63, 3.8) is 0 Å². The Morgan fingerprint density at radius 3 is 2.53 bits per heavy atom. The molecular formula is C13H17BrN2O3. The van der Waals surface area contributed by atoms with Gasteiger partial charge in [0.15, 0.2) is 0 Å². The fraction of sp³-hybridized carbons (Fsp3) is 0.385. The van der Waals surface area contributed by atoms with Crippen molar-refractivity contribution in [3.05, 3.63) is 28.2 Å². The molecule has 0 aromatic heterocycles. The first-order chi connectivity index (χ1) is 8.82. The number of benzene rings is 1. The quantitative estimate of drug-likeness (QED) is 0.722. The molecule has 1 rings (SSSR count). The van der Waals surface area contributed by atoms with Gasteiger partial charge in [-0.15, -0.1) is 0 Å². The maximum Gasteiger partial charge on any atom is 0.308 e. The lowest BCUT2D eigenvalue weighted by Gasteiger charge is -2.16. The Morgan fingerprint density at radius 2 is 2.05 bits per heavy atom. The summed E-state index contributed by atoms with van der Waals surface area (Å²) in [5, 5.41) is 11.6. The van der Waals surface area contributed by atoms with Crippen LogP contribution in [0.1, 0.15) is 24.2 Å². The zero-order valence-electron chi connectivity index (χ0n) is 10.8. The van der Waals surface area contributed by atoms with Gasteiger partial charge in [-0.25, -0.2) is 0 Å². The van der Waals surface area contributed by atoms with Crippen LogP contribution >= 0.6 is 15.9 Å². The van der Waals surface area contributed by atoms with Crippen LogP contribution in [0.15, 0.2) is 22.7 Å². The first-order valence-corrected chi connectivity index (χ1v) is 6.68. The number of carbonyl (C=O) groups excluding carboxylic acids is 1. The number of carboxylic acid groups (broad SMARTS) is 1. The third-order valence-electron chi connectivity index (χ3n) is 2.86. The van der Waals surface area contributed by atoms with E-state index >= 15 is 0 Å². The molecule has 19 heavy (non-hydrogen) atoms. The number of hydrogen-bond donors (Lipinski definition) is 3. The van der Waals surface area contributed by atoms with Crippen molar-refractivity contribution in [1.29, 1.82) is 0 Å². The molecule has 1 atom stereocenters. The molecule has 1 aromatic carbocycles. The molecule has 0 aliphatic heterocycles. The molecule has 104 valence electrons. The zero-order valence-corrected chi connectivity index (χ0v) is 12.4. The SMILES string of the molecule is CC(C)C(CNC(=O)c1ccc(Br)c(N)c1)C(=O)O. The van der Waals surface area contributed by atoms with Gasteiger partial charge in [0.2, 0.25) is 0 Å². The van der Waals surface area contributed by atoms with Gasteiger partial charge in [-0.05, 0) is 40.0 Å². The molecule has 1 aromatic rings. The zero-order chi connectivity index (χ0) is 14.6. The van der Waals surface area contributed by atoms with Crippen LogP contribution in [0.5, 0.6) is 0 Å². The van der Waals surface area contributed by atoms with Gasteiger partial charge in [0.25, 0.3) is 5.91 Å². The third-order valence-corrected chi connectivity index (χ3v) is 3.58. The number of nitrogens with two attached hydrogens (primary N) is 1. The second-order valence-electron chi connectivity index (χ2n) is 4.64. The van der Waals surface area contributed by atoms with Crippen LogP contribution in [0.2, 0.25) is 0 Å². The Kier molecular flexibility index (Phi) is 5.35. The molecule has 5 nitrogen and oxygen atoms in total.